The molecule has 1 heterocycles. The molecule has 1 saturated heterocycles. The lowest BCUT2D eigenvalue weighted by Gasteiger charge is -2.33. The number of rotatable bonds is 24. The fourth-order valence-corrected chi connectivity index (χ4v) is 8.23. The molecule has 1 saturated carbocycles. The molecular weight excluding hydrogens is 880 g/mol. The van der Waals surface area contributed by atoms with E-state index in [1.807, 2.05) is 20.8 Å². The molecule has 1 aromatic carbocycles. The summed E-state index contributed by atoms with van der Waals surface area (Å²) in [5, 5.41) is 24.0. The molecule has 20 heteroatoms. The second-order valence-corrected chi connectivity index (χ2v) is 20.3. The van der Waals surface area contributed by atoms with Gasteiger partial charge in [-0.3, -0.25) is 43.2 Å². The van der Waals surface area contributed by atoms with Crippen molar-refractivity contribution < 1.29 is 47.5 Å². The summed E-state index contributed by atoms with van der Waals surface area (Å²) in [4.78, 5) is 121. The van der Waals surface area contributed by atoms with E-state index in [9.17, 15) is 47.5 Å². The van der Waals surface area contributed by atoms with E-state index in [0.717, 1.165) is 32.1 Å². The van der Waals surface area contributed by atoms with Crippen molar-refractivity contribution in [1.82, 2.24) is 52.8 Å². The molecule has 2 fully saturated rings. The third-order valence-corrected chi connectivity index (χ3v) is 12.3. The van der Waals surface area contributed by atoms with Crippen LogP contribution in [0.3, 0.4) is 0 Å². The van der Waals surface area contributed by atoms with Gasteiger partial charge in [-0.2, -0.15) is 0 Å². The van der Waals surface area contributed by atoms with Crippen molar-refractivity contribution in [2.24, 2.45) is 17.8 Å². The number of nitrogens with one attached hydrogen (secondary N) is 9. The van der Waals surface area contributed by atoms with Gasteiger partial charge in [-0.1, -0.05) is 52.9 Å². The maximum Gasteiger partial charge on any atom is 0.254 e. The Morgan fingerprint density at radius 1 is 0.691 bits per heavy atom. The monoisotopic (exact) mass is 957 g/mol. The number of hydrogen-bond donors (Lipinski definition) is 9. The summed E-state index contributed by atoms with van der Waals surface area (Å²) in [5.41, 5.74) is -4.13. The Hall–Kier alpha value is -5.66. The first-order chi connectivity index (χ1) is 31.8. The number of amides is 9. The zero-order chi connectivity index (χ0) is 51.0. The van der Waals surface area contributed by atoms with Crippen molar-refractivity contribution in [2.75, 3.05) is 39.8 Å². The minimum Gasteiger partial charge on any atom is -0.353 e. The molecule has 4 atom stereocenters. The Kier molecular flexibility index (Phi) is 21.4. The van der Waals surface area contributed by atoms with Crippen molar-refractivity contribution in [3.8, 4) is 0 Å². The van der Waals surface area contributed by atoms with Crippen LogP contribution in [0.4, 0.5) is 4.39 Å². The lowest BCUT2D eigenvalue weighted by atomic mass is 9.85. The fourth-order valence-electron chi connectivity index (χ4n) is 8.23. The maximum atomic E-state index is 13.8. The van der Waals surface area contributed by atoms with Gasteiger partial charge in [0.15, 0.2) is 0 Å². The molecule has 1 aliphatic carbocycles. The first kappa shape index (κ1) is 56.7. The molecule has 1 aliphatic heterocycles. The number of hydrogen-bond acceptors (Lipinski definition) is 10. The topological polar surface area (TPSA) is 265 Å². The van der Waals surface area contributed by atoms with Crippen LogP contribution in [-0.2, 0) is 38.4 Å². The van der Waals surface area contributed by atoms with Crippen LogP contribution in [0.5, 0.6) is 0 Å². The fraction of sp³-hybridized carbons (Fsp3) is 0.688. The van der Waals surface area contributed by atoms with Crippen LogP contribution in [0, 0.1) is 23.6 Å². The molecule has 9 N–H and O–H groups in total. The second-order valence-electron chi connectivity index (χ2n) is 20.3. The predicted octanol–water partition coefficient (Wildman–Crippen LogP) is 1.30. The average molecular weight is 957 g/mol. The molecule has 68 heavy (non-hydrogen) atoms. The van der Waals surface area contributed by atoms with Gasteiger partial charge in [-0.25, -0.2) is 4.39 Å². The lowest BCUT2D eigenvalue weighted by molar-refractivity contribution is -0.138. The van der Waals surface area contributed by atoms with Crippen molar-refractivity contribution in [2.45, 2.75) is 155 Å². The van der Waals surface area contributed by atoms with E-state index in [1.54, 1.807) is 7.05 Å². The minimum atomic E-state index is -1.57. The molecule has 380 valence electrons. The van der Waals surface area contributed by atoms with E-state index in [2.05, 4.69) is 47.9 Å². The van der Waals surface area contributed by atoms with Gasteiger partial charge in [-0.05, 0) is 116 Å². The second kappa shape index (κ2) is 25.6. The largest absolute Gasteiger partial charge is 0.353 e. The van der Waals surface area contributed by atoms with Crippen molar-refractivity contribution in [1.29, 1.82) is 0 Å². The smallest absolute Gasteiger partial charge is 0.254 e. The number of likely N-dealkylation sites (N-methyl/N-ethyl adjacent to an activating group) is 1. The van der Waals surface area contributed by atoms with E-state index in [1.165, 1.54) is 70.7 Å². The molecule has 0 radical (unpaired) electrons. The first-order valence-electron chi connectivity index (χ1n) is 23.9. The zero-order valence-electron chi connectivity index (χ0n) is 41.7. The zero-order valence-corrected chi connectivity index (χ0v) is 41.7. The van der Waals surface area contributed by atoms with Gasteiger partial charge in [0.25, 0.3) is 5.91 Å². The van der Waals surface area contributed by atoms with E-state index in [0.29, 0.717) is 44.8 Å². The Morgan fingerprint density at radius 2 is 1.28 bits per heavy atom. The Bertz CT molecular complexity index is 1950. The maximum absolute atomic E-state index is 13.8. The average Bonchev–Trinajstić information content (AvgIpc) is 3.67. The Morgan fingerprint density at radius 3 is 1.90 bits per heavy atom. The third kappa shape index (κ3) is 17.8. The number of carbonyl (C=O) groups excluding carboxylic acids is 9. The van der Waals surface area contributed by atoms with Crippen LogP contribution in [0.15, 0.2) is 24.3 Å². The third-order valence-electron chi connectivity index (χ3n) is 12.3. The molecule has 0 aromatic heterocycles. The summed E-state index contributed by atoms with van der Waals surface area (Å²) in [7, 11) is 1.74. The highest BCUT2D eigenvalue weighted by Gasteiger charge is 2.41. The Balaban J connectivity index is 1.58. The highest BCUT2D eigenvalue weighted by Crippen LogP contribution is 2.29. The standard InChI is InChI=1S/C48H77FN10O9/c1-29(2)24-35(40(63)57-48(8,9)45(68)58-47(6,7)43(66)51-23-22-50-10)54-37(60)26-53-44(67)46(4,5)56-38(61)27-52-39(62)34(21-16-31-14-12-11-13-15-31)55-41(64)36-25-30(3)28-59(36)42(65)32-17-19-33(49)20-18-32/h17-20,29-31,34-36,50H,11-16,21-28H2,1-10H3,(H,51,66)(H,52,62)(H,53,67)(H,54,60)(H,55,64)(H,56,61)(H,57,63)(H,58,68)/t30?,34-,35?,36-/m0/s1. The summed E-state index contributed by atoms with van der Waals surface area (Å²) in [6.07, 6.45) is 6.85. The van der Waals surface area contributed by atoms with Crippen LogP contribution in [0.1, 0.15) is 130 Å². The quantitative estimate of drug-likeness (QED) is 0.0671. The molecule has 0 spiro atoms. The van der Waals surface area contributed by atoms with Gasteiger partial charge in [0.2, 0.25) is 47.3 Å². The SMILES string of the molecule is CNCCNC(=O)C(C)(C)NC(=O)C(C)(C)NC(=O)C(CC(C)C)NC(=O)CNC(=O)C(C)(C)NC(=O)CNC(=O)[C@H](CCC1CCCCC1)NC(=O)[C@@H]1CC(C)CN1C(=O)c1ccc(F)cc1. The van der Waals surface area contributed by atoms with Gasteiger partial charge in [0, 0.05) is 25.2 Å². The first-order valence-corrected chi connectivity index (χ1v) is 23.9. The summed E-state index contributed by atoms with van der Waals surface area (Å²) >= 11 is 0. The van der Waals surface area contributed by atoms with Gasteiger partial charge in [0.1, 0.15) is 40.6 Å². The van der Waals surface area contributed by atoms with E-state index >= 15 is 0 Å². The van der Waals surface area contributed by atoms with Crippen molar-refractivity contribution in [3.05, 3.63) is 35.6 Å². The van der Waals surface area contributed by atoms with E-state index in [-0.39, 0.29) is 23.8 Å². The van der Waals surface area contributed by atoms with Crippen LogP contribution >= 0.6 is 0 Å². The summed E-state index contributed by atoms with van der Waals surface area (Å²) in [6, 6.07) is 2.11. The van der Waals surface area contributed by atoms with E-state index < -0.39 is 107 Å². The van der Waals surface area contributed by atoms with Crippen LogP contribution in [0.25, 0.3) is 0 Å². The van der Waals surface area contributed by atoms with E-state index in [4.69, 9.17) is 0 Å². The van der Waals surface area contributed by atoms with Crippen molar-refractivity contribution in [3.63, 3.8) is 0 Å². The summed E-state index contributed by atoms with van der Waals surface area (Å²) < 4.78 is 13.6. The number of nitrogens with zero attached hydrogens (tertiary/aromatic N) is 1. The summed E-state index contributed by atoms with van der Waals surface area (Å²) in [5.74, 6) is -5.63. The lowest BCUT2D eigenvalue weighted by Crippen LogP contribution is -2.64. The molecule has 9 amide bonds. The highest BCUT2D eigenvalue weighted by atomic mass is 19.1. The van der Waals surface area contributed by atoms with Gasteiger partial charge >= 0.3 is 0 Å². The Labute approximate surface area is 400 Å². The summed E-state index contributed by atoms with van der Waals surface area (Å²) in [6.45, 7) is 14.5. The van der Waals surface area contributed by atoms with Crippen LogP contribution < -0.4 is 47.9 Å². The van der Waals surface area contributed by atoms with Gasteiger partial charge in [0.05, 0.1) is 13.1 Å². The normalized spacial score (nSPS) is 17.6. The molecule has 2 unspecified atom stereocenters. The number of carbonyl (C=O) groups is 9. The molecule has 2 aliphatic rings. The van der Waals surface area contributed by atoms with Gasteiger partial charge < -0.3 is 52.8 Å². The number of likely N-dealkylation sites (tertiary alicyclic amines) is 1. The predicted molar refractivity (Wildman–Crippen MR) is 254 cm³/mol. The molecule has 3 rings (SSSR count). The minimum absolute atomic E-state index is 0.00889. The molecule has 0 bridgehead atoms. The van der Waals surface area contributed by atoms with Crippen LogP contribution in [-0.4, -0.2) is 133 Å². The van der Waals surface area contributed by atoms with Crippen molar-refractivity contribution >= 4 is 53.2 Å². The molecular formula is C48H77FN10O9. The highest BCUT2D eigenvalue weighted by molar-refractivity contribution is 6.00. The van der Waals surface area contributed by atoms with Gasteiger partial charge in [-0.15, -0.1) is 0 Å². The number of halogens is 1. The molecule has 1 aromatic rings. The van der Waals surface area contributed by atoms with Crippen LogP contribution in [0.2, 0.25) is 0 Å². The number of benzene rings is 1. The molecule has 19 nitrogen and oxygen atoms in total.